The molecule has 0 aliphatic carbocycles. The number of ether oxygens (including phenoxy) is 1. The number of benzene rings is 2. The first kappa shape index (κ1) is 17.7. The number of para-hydroxylation sites is 1. The molecule has 0 bridgehead atoms. The summed E-state index contributed by atoms with van der Waals surface area (Å²) in [6.45, 7) is 3.69. The molecule has 4 nitrogen and oxygen atoms in total. The second-order valence-electron chi connectivity index (χ2n) is 5.24. The fourth-order valence-corrected chi connectivity index (χ4v) is 2.18. The quantitative estimate of drug-likeness (QED) is 0.857. The van der Waals surface area contributed by atoms with E-state index in [9.17, 15) is 18.0 Å². The molecule has 0 fully saturated rings. The van der Waals surface area contributed by atoms with E-state index in [4.69, 9.17) is 0 Å². The van der Waals surface area contributed by atoms with Crippen molar-refractivity contribution in [2.75, 3.05) is 17.2 Å². The lowest BCUT2D eigenvalue weighted by atomic mass is 10.1. The number of hydrogen-bond donors (Lipinski definition) is 2. The SMILES string of the molecule is Cc1cccc(C)c1NC(=O)CNc1cccc(OC(F)(F)F)c1. The molecule has 0 saturated carbocycles. The number of alkyl halides is 3. The highest BCUT2D eigenvalue weighted by Crippen LogP contribution is 2.25. The zero-order chi connectivity index (χ0) is 17.7. The fourth-order valence-electron chi connectivity index (χ4n) is 2.18. The van der Waals surface area contributed by atoms with Gasteiger partial charge in [0, 0.05) is 17.4 Å². The Kier molecular flexibility index (Phi) is 5.33. The van der Waals surface area contributed by atoms with E-state index >= 15 is 0 Å². The van der Waals surface area contributed by atoms with E-state index in [0.717, 1.165) is 16.8 Å². The number of anilines is 2. The van der Waals surface area contributed by atoms with Crippen molar-refractivity contribution in [3.63, 3.8) is 0 Å². The highest BCUT2D eigenvalue weighted by atomic mass is 19.4. The Labute approximate surface area is 137 Å². The summed E-state index contributed by atoms with van der Waals surface area (Å²) < 4.78 is 40.4. The number of carbonyl (C=O) groups is 1. The Morgan fingerprint density at radius 3 is 2.33 bits per heavy atom. The summed E-state index contributed by atoms with van der Waals surface area (Å²) in [5, 5.41) is 5.56. The van der Waals surface area contributed by atoms with Crippen LogP contribution in [0.1, 0.15) is 11.1 Å². The van der Waals surface area contributed by atoms with E-state index in [1.54, 1.807) is 6.07 Å². The third kappa shape index (κ3) is 5.19. The number of halogens is 3. The maximum absolute atomic E-state index is 12.2. The van der Waals surface area contributed by atoms with Crippen LogP contribution < -0.4 is 15.4 Å². The molecule has 0 aromatic heterocycles. The van der Waals surface area contributed by atoms with Crippen molar-refractivity contribution in [1.82, 2.24) is 0 Å². The third-order valence-corrected chi connectivity index (χ3v) is 3.27. The minimum absolute atomic E-state index is 0.0801. The number of rotatable bonds is 5. The highest BCUT2D eigenvalue weighted by Gasteiger charge is 2.31. The van der Waals surface area contributed by atoms with Gasteiger partial charge in [0.1, 0.15) is 5.75 Å². The normalized spacial score (nSPS) is 11.0. The summed E-state index contributed by atoms with van der Waals surface area (Å²) in [6.07, 6.45) is -4.75. The van der Waals surface area contributed by atoms with Crippen LogP contribution in [0.5, 0.6) is 5.75 Å². The van der Waals surface area contributed by atoms with Crippen molar-refractivity contribution >= 4 is 17.3 Å². The van der Waals surface area contributed by atoms with E-state index < -0.39 is 6.36 Å². The highest BCUT2D eigenvalue weighted by molar-refractivity contribution is 5.95. The largest absolute Gasteiger partial charge is 0.573 e. The molecule has 128 valence electrons. The molecule has 0 saturated heterocycles. The van der Waals surface area contributed by atoms with Crippen molar-refractivity contribution < 1.29 is 22.7 Å². The minimum Gasteiger partial charge on any atom is -0.406 e. The Bertz CT molecular complexity index is 710. The number of nitrogens with one attached hydrogen (secondary N) is 2. The van der Waals surface area contributed by atoms with Gasteiger partial charge in [-0.1, -0.05) is 24.3 Å². The van der Waals surface area contributed by atoms with Gasteiger partial charge in [-0.3, -0.25) is 4.79 Å². The molecular weight excluding hydrogens is 321 g/mol. The van der Waals surface area contributed by atoms with Crippen molar-refractivity contribution in [3.05, 3.63) is 53.6 Å². The second-order valence-corrected chi connectivity index (χ2v) is 5.24. The molecule has 0 heterocycles. The minimum atomic E-state index is -4.75. The van der Waals surface area contributed by atoms with E-state index in [1.165, 1.54) is 18.2 Å². The Morgan fingerprint density at radius 2 is 1.71 bits per heavy atom. The molecule has 0 spiro atoms. The van der Waals surface area contributed by atoms with Gasteiger partial charge >= 0.3 is 6.36 Å². The lowest BCUT2D eigenvalue weighted by Gasteiger charge is -2.13. The van der Waals surface area contributed by atoms with Crippen LogP contribution in [0.15, 0.2) is 42.5 Å². The first-order valence-electron chi connectivity index (χ1n) is 7.20. The zero-order valence-electron chi connectivity index (χ0n) is 13.2. The summed E-state index contributed by atoms with van der Waals surface area (Å²) in [6, 6.07) is 11.0. The fraction of sp³-hybridized carbons (Fsp3) is 0.235. The molecule has 0 aliphatic rings. The van der Waals surface area contributed by atoms with Crippen molar-refractivity contribution in [2.24, 2.45) is 0 Å². The molecule has 0 radical (unpaired) electrons. The first-order chi connectivity index (χ1) is 11.2. The topological polar surface area (TPSA) is 50.4 Å². The molecular formula is C17H17F3N2O2. The first-order valence-corrected chi connectivity index (χ1v) is 7.20. The van der Waals surface area contributed by atoms with Crippen LogP contribution in [0.4, 0.5) is 24.5 Å². The number of aryl methyl sites for hydroxylation is 2. The van der Waals surface area contributed by atoms with Gasteiger partial charge in [-0.2, -0.15) is 0 Å². The van der Waals surface area contributed by atoms with E-state index in [-0.39, 0.29) is 18.2 Å². The maximum Gasteiger partial charge on any atom is 0.573 e. The van der Waals surface area contributed by atoms with Gasteiger partial charge in [-0.15, -0.1) is 13.2 Å². The van der Waals surface area contributed by atoms with E-state index in [0.29, 0.717) is 5.69 Å². The summed E-state index contributed by atoms with van der Waals surface area (Å²) in [5.74, 6) is -0.641. The molecule has 0 unspecified atom stereocenters. The number of amides is 1. The van der Waals surface area contributed by atoms with E-state index in [1.807, 2.05) is 32.0 Å². The van der Waals surface area contributed by atoms with Gasteiger partial charge in [0.2, 0.25) is 5.91 Å². The van der Waals surface area contributed by atoms with Gasteiger partial charge in [0.15, 0.2) is 0 Å². The lowest BCUT2D eigenvalue weighted by Crippen LogP contribution is -2.22. The Balaban J connectivity index is 1.96. The zero-order valence-corrected chi connectivity index (χ0v) is 13.2. The van der Waals surface area contributed by atoms with Crippen LogP contribution in [0.3, 0.4) is 0 Å². The van der Waals surface area contributed by atoms with Crippen molar-refractivity contribution in [3.8, 4) is 5.75 Å². The molecule has 2 N–H and O–H groups in total. The molecule has 7 heteroatoms. The molecule has 24 heavy (non-hydrogen) atoms. The van der Waals surface area contributed by atoms with Crippen molar-refractivity contribution in [2.45, 2.75) is 20.2 Å². The summed E-state index contributed by atoms with van der Waals surface area (Å²) in [5.41, 5.74) is 2.96. The molecule has 1 amide bonds. The second kappa shape index (κ2) is 7.25. The molecule has 0 atom stereocenters. The van der Waals surface area contributed by atoms with Gasteiger partial charge in [-0.05, 0) is 37.1 Å². The number of carbonyl (C=O) groups excluding carboxylic acids is 1. The van der Waals surface area contributed by atoms with Crippen LogP contribution >= 0.6 is 0 Å². The standard InChI is InChI=1S/C17H17F3N2O2/c1-11-5-3-6-12(2)16(11)22-15(23)10-21-13-7-4-8-14(9-13)24-17(18,19)20/h3-9,21H,10H2,1-2H3,(H,22,23). The average molecular weight is 338 g/mol. The van der Waals surface area contributed by atoms with Crippen molar-refractivity contribution in [1.29, 1.82) is 0 Å². The molecule has 2 aromatic rings. The van der Waals surface area contributed by atoms with Gasteiger partial charge in [-0.25, -0.2) is 0 Å². The van der Waals surface area contributed by atoms with Gasteiger partial charge in [0.05, 0.1) is 6.54 Å². The van der Waals surface area contributed by atoms with Crippen LogP contribution in [-0.4, -0.2) is 18.8 Å². The smallest absolute Gasteiger partial charge is 0.406 e. The predicted octanol–water partition coefficient (Wildman–Crippen LogP) is 4.25. The van der Waals surface area contributed by atoms with Gasteiger partial charge < -0.3 is 15.4 Å². The average Bonchev–Trinajstić information content (AvgIpc) is 2.48. The van der Waals surface area contributed by atoms with Crippen LogP contribution in [0.25, 0.3) is 0 Å². The Morgan fingerprint density at radius 1 is 1.08 bits per heavy atom. The maximum atomic E-state index is 12.2. The van der Waals surface area contributed by atoms with Crippen LogP contribution in [0, 0.1) is 13.8 Å². The summed E-state index contributed by atoms with van der Waals surface area (Å²) in [7, 11) is 0. The van der Waals surface area contributed by atoms with Crippen LogP contribution in [-0.2, 0) is 4.79 Å². The molecule has 2 aromatic carbocycles. The Hall–Kier alpha value is -2.70. The predicted molar refractivity (Wildman–Crippen MR) is 86.2 cm³/mol. The number of hydrogen-bond acceptors (Lipinski definition) is 3. The summed E-state index contributed by atoms with van der Waals surface area (Å²) in [4.78, 5) is 12.0. The lowest BCUT2D eigenvalue weighted by molar-refractivity contribution is -0.274. The third-order valence-electron chi connectivity index (χ3n) is 3.27. The monoisotopic (exact) mass is 338 g/mol. The summed E-state index contributed by atoms with van der Waals surface area (Å²) >= 11 is 0. The van der Waals surface area contributed by atoms with E-state index in [2.05, 4.69) is 15.4 Å². The molecule has 0 aliphatic heterocycles. The van der Waals surface area contributed by atoms with Crippen LogP contribution in [0.2, 0.25) is 0 Å². The molecule has 2 rings (SSSR count). The van der Waals surface area contributed by atoms with Gasteiger partial charge in [0.25, 0.3) is 0 Å².